The number of carbonyl (C=O) groups is 1. The maximum Gasteiger partial charge on any atom is 0.427 e. The van der Waals surface area contributed by atoms with Crippen LogP contribution in [-0.2, 0) is 9.47 Å². The summed E-state index contributed by atoms with van der Waals surface area (Å²) in [7, 11) is 1.20. The zero-order valence-electron chi connectivity index (χ0n) is 11.1. The monoisotopic (exact) mass is 274 g/mol. The first-order chi connectivity index (χ1) is 9.53. The summed E-state index contributed by atoms with van der Waals surface area (Å²) in [4.78, 5) is 10.9. The number of nitrogens with two attached hydrogens (primary N) is 1. The van der Waals surface area contributed by atoms with E-state index < -0.39 is 17.8 Å². The first-order valence-electron chi connectivity index (χ1n) is 5.86. The van der Waals surface area contributed by atoms with Crippen molar-refractivity contribution in [2.45, 2.75) is 18.6 Å². The van der Waals surface area contributed by atoms with Gasteiger partial charge in [0.15, 0.2) is 5.84 Å². The molecule has 1 saturated heterocycles. The summed E-state index contributed by atoms with van der Waals surface area (Å²) in [5.74, 6) is -0.115. The van der Waals surface area contributed by atoms with Gasteiger partial charge in [-0.15, -0.1) is 0 Å². The number of aryl methyl sites for hydroxylation is 1. The average Bonchev–Trinajstić information content (AvgIpc) is 3.21. The van der Waals surface area contributed by atoms with Gasteiger partial charge in [0, 0.05) is 0 Å². The summed E-state index contributed by atoms with van der Waals surface area (Å²) < 4.78 is 9.75. The highest BCUT2D eigenvalue weighted by molar-refractivity contribution is 5.96. The van der Waals surface area contributed by atoms with E-state index in [0.717, 1.165) is 11.1 Å². The standard InChI is InChI=1S/C13H14N4O3/c1-8-3-5-9(6-4-8)10-13(7-14,20-10)11(15)16-17-12(18)19-2/h3-6,10H,1-2H3,(H2,15,16)(H,17,18)/t10-,13+/m1/s1. The normalized spacial score (nSPS) is 24.6. The van der Waals surface area contributed by atoms with Crippen LogP contribution in [0.25, 0.3) is 0 Å². The molecule has 0 aliphatic carbocycles. The molecule has 0 aromatic heterocycles. The predicted molar refractivity (Wildman–Crippen MR) is 70.5 cm³/mol. The van der Waals surface area contributed by atoms with Crippen LogP contribution in [0, 0.1) is 18.3 Å². The summed E-state index contributed by atoms with van der Waals surface area (Å²) >= 11 is 0. The molecule has 2 atom stereocenters. The Morgan fingerprint density at radius 1 is 1.55 bits per heavy atom. The van der Waals surface area contributed by atoms with Gasteiger partial charge in [0.05, 0.1) is 7.11 Å². The Bertz CT molecular complexity index is 591. The zero-order valence-corrected chi connectivity index (χ0v) is 11.1. The summed E-state index contributed by atoms with van der Waals surface area (Å²) in [6, 6.07) is 9.54. The molecule has 0 unspecified atom stereocenters. The molecule has 1 aliphatic heterocycles. The van der Waals surface area contributed by atoms with Crippen molar-refractivity contribution in [1.29, 1.82) is 5.26 Å². The zero-order chi connectivity index (χ0) is 14.8. The van der Waals surface area contributed by atoms with Gasteiger partial charge in [-0.05, 0) is 12.5 Å². The lowest BCUT2D eigenvalue weighted by atomic mass is 9.99. The molecule has 104 valence electrons. The summed E-state index contributed by atoms with van der Waals surface area (Å²) in [5, 5.41) is 12.9. The third-order valence-corrected chi connectivity index (χ3v) is 3.00. The van der Waals surface area contributed by atoms with Crippen LogP contribution in [0.15, 0.2) is 29.4 Å². The highest BCUT2D eigenvalue weighted by atomic mass is 16.6. The van der Waals surface area contributed by atoms with E-state index in [1.165, 1.54) is 7.11 Å². The molecule has 1 heterocycles. The predicted octanol–water partition coefficient (Wildman–Crippen LogP) is 0.957. The molecule has 1 aromatic carbocycles. The third kappa shape index (κ3) is 2.41. The van der Waals surface area contributed by atoms with Gasteiger partial charge in [-0.3, -0.25) is 0 Å². The molecule has 7 heteroatoms. The lowest BCUT2D eigenvalue weighted by Crippen LogP contribution is -2.35. The van der Waals surface area contributed by atoms with E-state index in [2.05, 4.69) is 15.3 Å². The van der Waals surface area contributed by atoms with Crippen molar-refractivity contribution < 1.29 is 14.3 Å². The minimum Gasteiger partial charge on any atom is -0.452 e. The highest BCUT2D eigenvalue weighted by Gasteiger charge is 2.62. The van der Waals surface area contributed by atoms with Crippen LogP contribution in [0.4, 0.5) is 4.79 Å². The van der Waals surface area contributed by atoms with Gasteiger partial charge in [0.1, 0.15) is 12.2 Å². The number of amidine groups is 1. The van der Waals surface area contributed by atoms with Crippen molar-refractivity contribution in [3.05, 3.63) is 35.4 Å². The Morgan fingerprint density at radius 3 is 2.75 bits per heavy atom. The van der Waals surface area contributed by atoms with E-state index >= 15 is 0 Å². The molecule has 0 spiro atoms. The van der Waals surface area contributed by atoms with Gasteiger partial charge in [0.25, 0.3) is 0 Å². The molecule has 7 nitrogen and oxygen atoms in total. The molecule has 20 heavy (non-hydrogen) atoms. The molecule has 1 amide bonds. The third-order valence-electron chi connectivity index (χ3n) is 3.00. The number of epoxide rings is 1. The van der Waals surface area contributed by atoms with E-state index in [1.807, 2.05) is 37.3 Å². The topological polar surface area (TPSA) is 113 Å². The number of hydrogen-bond acceptors (Lipinski definition) is 5. The van der Waals surface area contributed by atoms with Crippen molar-refractivity contribution in [2.75, 3.05) is 7.11 Å². The van der Waals surface area contributed by atoms with Gasteiger partial charge < -0.3 is 15.2 Å². The van der Waals surface area contributed by atoms with Gasteiger partial charge in [0.2, 0.25) is 5.60 Å². The summed E-state index contributed by atoms with van der Waals surface area (Å²) in [6.45, 7) is 1.96. The van der Waals surface area contributed by atoms with E-state index in [9.17, 15) is 10.1 Å². The number of hydrogen-bond donors (Lipinski definition) is 2. The number of benzene rings is 1. The Balaban J connectivity index is 2.16. The average molecular weight is 274 g/mol. The number of hydrazone groups is 1. The van der Waals surface area contributed by atoms with Crippen LogP contribution < -0.4 is 11.2 Å². The molecule has 1 fully saturated rings. The van der Waals surface area contributed by atoms with E-state index in [-0.39, 0.29) is 5.84 Å². The fraction of sp³-hybridized carbons (Fsp3) is 0.308. The van der Waals surface area contributed by atoms with Gasteiger partial charge in [-0.2, -0.15) is 10.4 Å². The van der Waals surface area contributed by atoms with Crippen molar-refractivity contribution in [3.8, 4) is 6.07 Å². The van der Waals surface area contributed by atoms with Gasteiger partial charge in [-0.25, -0.2) is 10.2 Å². The lowest BCUT2D eigenvalue weighted by Gasteiger charge is -2.04. The minimum absolute atomic E-state index is 0.115. The van der Waals surface area contributed by atoms with Gasteiger partial charge >= 0.3 is 6.09 Å². The molecule has 2 rings (SSSR count). The molecule has 0 bridgehead atoms. The smallest absolute Gasteiger partial charge is 0.427 e. The molecule has 1 aliphatic rings. The largest absolute Gasteiger partial charge is 0.452 e. The number of amides is 1. The van der Waals surface area contributed by atoms with E-state index in [1.54, 1.807) is 0 Å². The Labute approximate surface area is 116 Å². The highest BCUT2D eigenvalue weighted by Crippen LogP contribution is 2.49. The first-order valence-corrected chi connectivity index (χ1v) is 5.86. The van der Waals surface area contributed by atoms with Crippen molar-refractivity contribution in [1.82, 2.24) is 5.43 Å². The van der Waals surface area contributed by atoms with Crippen LogP contribution in [0.3, 0.4) is 0 Å². The summed E-state index contributed by atoms with van der Waals surface area (Å²) in [5.41, 5.74) is 8.37. The Kier molecular flexibility index (Phi) is 3.59. The van der Waals surface area contributed by atoms with Crippen LogP contribution in [0.2, 0.25) is 0 Å². The number of nitrogens with zero attached hydrogens (tertiary/aromatic N) is 2. The van der Waals surface area contributed by atoms with E-state index in [4.69, 9.17) is 10.5 Å². The van der Waals surface area contributed by atoms with Crippen molar-refractivity contribution in [3.63, 3.8) is 0 Å². The Morgan fingerprint density at radius 2 is 2.20 bits per heavy atom. The number of methoxy groups -OCH3 is 1. The van der Waals surface area contributed by atoms with Crippen molar-refractivity contribution in [2.24, 2.45) is 10.8 Å². The van der Waals surface area contributed by atoms with Crippen LogP contribution in [0.1, 0.15) is 17.2 Å². The second-order valence-corrected chi connectivity index (χ2v) is 4.36. The number of rotatable bonds is 3. The van der Waals surface area contributed by atoms with Crippen LogP contribution in [-0.4, -0.2) is 24.6 Å². The quantitative estimate of drug-likeness (QED) is 0.369. The van der Waals surface area contributed by atoms with Gasteiger partial charge in [-0.1, -0.05) is 29.8 Å². The summed E-state index contributed by atoms with van der Waals surface area (Å²) in [6.07, 6.45) is -1.26. The SMILES string of the molecule is COC(=O)N/N=C(\N)[C@@]1(C#N)O[C@@H]1c1ccc(C)cc1. The molecular weight excluding hydrogens is 260 g/mol. The number of carbonyl (C=O) groups excluding carboxylic acids is 1. The lowest BCUT2D eigenvalue weighted by molar-refractivity contribution is 0.171. The Hall–Kier alpha value is -2.59. The second-order valence-electron chi connectivity index (χ2n) is 4.36. The first kappa shape index (κ1) is 13.8. The molecule has 0 saturated carbocycles. The van der Waals surface area contributed by atoms with Crippen molar-refractivity contribution >= 4 is 11.9 Å². The molecule has 3 N–H and O–H groups in total. The van der Waals surface area contributed by atoms with Crippen LogP contribution in [0.5, 0.6) is 0 Å². The minimum atomic E-state index is -1.34. The fourth-order valence-electron chi connectivity index (χ4n) is 1.77. The second kappa shape index (κ2) is 5.19. The number of nitrogens with one attached hydrogen (secondary N) is 1. The van der Waals surface area contributed by atoms with Crippen LogP contribution >= 0.6 is 0 Å². The number of nitriles is 1. The number of ether oxygens (including phenoxy) is 2. The maximum atomic E-state index is 10.9. The molecule has 1 aromatic rings. The fourth-order valence-corrected chi connectivity index (χ4v) is 1.77. The maximum absolute atomic E-state index is 10.9. The molecule has 0 radical (unpaired) electrons. The van der Waals surface area contributed by atoms with E-state index in [0.29, 0.717) is 0 Å². The molecular formula is C13H14N4O3.